The number of hydrogen-bond acceptors (Lipinski definition) is 7. The molecule has 2 aromatic heterocycles. The SMILES string of the molecule is Cc1noc(-c2ccc(N3CCNC[C@H](CC(=O)O)C3)nc2)n1. The van der Waals surface area contributed by atoms with Gasteiger partial charge in [-0.2, -0.15) is 4.98 Å². The highest BCUT2D eigenvalue weighted by Crippen LogP contribution is 2.21. The predicted octanol–water partition coefficient (Wildman–Crippen LogP) is 0.941. The molecule has 0 radical (unpaired) electrons. The van der Waals surface area contributed by atoms with Crippen molar-refractivity contribution in [2.45, 2.75) is 13.3 Å². The van der Waals surface area contributed by atoms with Gasteiger partial charge in [-0.1, -0.05) is 5.16 Å². The summed E-state index contributed by atoms with van der Waals surface area (Å²) in [5.41, 5.74) is 0.768. The second kappa shape index (κ2) is 6.74. The molecule has 0 unspecified atom stereocenters. The number of anilines is 1. The molecule has 8 nitrogen and oxygen atoms in total. The largest absolute Gasteiger partial charge is 0.481 e. The van der Waals surface area contributed by atoms with E-state index in [2.05, 4.69) is 25.3 Å². The number of hydrogen-bond donors (Lipinski definition) is 2. The van der Waals surface area contributed by atoms with Gasteiger partial charge in [-0.3, -0.25) is 4.79 Å². The number of carboxylic acids is 1. The van der Waals surface area contributed by atoms with Crippen molar-refractivity contribution < 1.29 is 14.4 Å². The molecule has 1 atom stereocenters. The molecule has 0 spiro atoms. The van der Waals surface area contributed by atoms with Crippen LogP contribution in [0.15, 0.2) is 22.9 Å². The number of carboxylic acid groups (broad SMARTS) is 1. The molecule has 2 N–H and O–H groups in total. The number of pyridine rings is 1. The number of nitrogens with zero attached hydrogens (tertiary/aromatic N) is 4. The molecular formula is C15H19N5O3. The molecule has 23 heavy (non-hydrogen) atoms. The van der Waals surface area contributed by atoms with Crippen molar-refractivity contribution in [1.29, 1.82) is 0 Å². The summed E-state index contributed by atoms with van der Waals surface area (Å²) in [5.74, 6) is 1.15. The lowest BCUT2D eigenvalue weighted by Crippen LogP contribution is -2.31. The van der Waals surface area contributed by atoms with Crippen molar-refractivity contribution >= 4 is 11.8 Å². The third-order valence-electron chi connectivity index (χ3n) is 3.78. The number of aryl methyl sites for hydroxylation is 1. The van der Waals surface area contributed by atoms with Crippen LogP contribution in [0.25, 0.3) is 11.5 Å². The molecule has 0 bridgehead atoms. The van der Waals surface area contributed by atoms with Gasteiger partial charge >= 0.3 is 5.97 Å². The zero-order valence-electron chi connectivity index (χ0n) is 12.9. The number of carbonyl (C=O) groups is 1. The third-order valence-corrected chi connectivity index (χ3v) is 3.78. The van der Waals surface area contributed by atoms with Gasteiger partial charge in [0.1, 0.15) is 5.82 Å². The highest BCUT2D eigenvalue weighted by atomic mass is 16.5. The molecule has 2 aromatic rings. The lowest BCUT2D eigenvalue weighted by molar-refractivity contribution is -0.137. The van der Waals surface area contributed by atoms with Crippen LogP contribution in [0.1, 0.15) is 12.2 Å². The van der Waals surface area contributed by atoms with Gasteiger partial charge in [-0.15, -0.1) is 0 Å². The lowest BCUT2D eigenvalue weighted by Gasteiger charge is -2.24. The molecule has 0 amide bonds. The van der Waals surface area contributed by atoms with Gasteiger partial charge in [-0.05, 0) is 25.0 Å². The zero-order valence-corrected chi connectivity index (χ0v) is 12.9. The molecule has 1 fully saturated rings. The van der Waals surface area contributed by atoms with E-state index in [1.807, 2.05) is 12.1 Å². The van der Waals surface area contributed by atoms with Crippen LogP contribution >= 0.6 is 0 Å². The maximum atomic E-state index is 10.9. The Morgan fingerprint density at radius 3 is 3.04 bits per heavy atom. The number of nitrogens with one attached hydrogen (secondary N) is 1. The summed E-state index contributed by atoms with van der Waals surface area (Å²) >= 11 is 0. The van der Waals surface area contributed by atoms with Crippen molar-refractivity contribution in [3.05, 3.63) is 24.2 Å². The molecular weight excluding hydrogens is 298 g/mol. The van der Waals surface area contributed by atoms with Crippen LogP contribution in [0, 0.1) is 12.8 Å². The maximum Gasteiger partial charge on any atom is 0.303 e. The normalized spacial score (nSPS) is 18.7. The standard InChI is InChI=1S/C15H19N5O3/c1-10-18-15(23-19-10)12-2-3-13(17-8-12)20-5-4-16-7-11(9-20)6-14(21)22/h2-3,8,11,16H,4-7,9H2,1H3,(H,21,22)/t11-/m0/s1. The molecule has 1 aliphatic rings. The lowest BCUT2D eigenvalue weighted by atomic mass is 10.1. The van der Waals surface area contributed by atoms with E-state index < -0.39 is 5.97 Å². The van der Waals surface area contributed by atoms with Gasteiger partial charge in [0.25, 0.3) is 5.89 Å². The molecule has 1 aliphatic heterocycles. The molecule has 0 saturated carbocycles. The topological polar surface area (TPSA) is 104 Å². The van der Waals surface area contributed by atoms with Crippen molar-refractivity contribution in [2.75, 3.05) is 31.1 Å². The monoisotopic (exact) mass is 317 g/mol. The fourth-order valence-electron chi connectivity index (χ4n) is 2.69. The first-order valence-corrected chi connectivity index (χ1v) is 7.56. The Hall–Kier alpha value is -2.48. The predicted molar refractivity (Wildman–Crippen MR) is 83.1 cm³/mol. The Morgan fingerprint density at radius 2 is 2.39 bits per heavy atom. The highest BCUT2D eigenvalue weighted by Gasteiger charge is 2.21. The fraction of sp³-hybridized carbons (Fsp3) is 0.467. The van der Waals surface area contributed by atoms with Gasteiger partial charge in [0, 0.05) is 32.4 Å². The molecule has 3 heterocycles. The number of rotatable bonds is 4. The van der Waals surface area contributed by atoms with Gasteiger partial charge in [0.2, 0.25) is 0 Å². The van der Waals surface area contributed by atoms with Crippen molar-refractivity contribution in [3.8, 4) is 11.5 Å². The summed E-state index contributed by atoms with van der Waals surface area (Å²) in [4.78, 5) is 21.7. The first-order chi connectivity index (χ1) is 11.1. The third kappa shape index (κ3) is 3.84. The molecule has 0 aromatic carbocycles. The van der Waals surface area contributed by atoms with Crippen LogP contribution in [0.3, 0.4) is 0 Å². The minimum atomic E-state index is -0.770. The van der Waals surface area contributed by atoms with Gasteiger partial charge in [0.05, 0.1) is 12.0 Å². The van der Waals surface area contributed by atoms with Crippen molar-refractivity contribution in [1.82, 2.24) is 20.4 Å². The quantitative estimate of drug-likeness (QED) is 0.858. The molecule has 122 valence electrons. The molecule has 0 aliphatic carbocycles. The second-order valence-electron chi connectivity index (χ2n) is 5.67. The fourth-order valence-corrected chi connectivity index (χ4v) is 2.69. The summed E-state index contributed by atoms with van der Waals surface area (Å²) < 4.78 is 5.13. The first-order valence-electron chi connectivity index (χ1n) is 7.56. The highest BCUT2D eigenvalue weighted by molar-refractivity contribution is 5.67. The number of aromatic nitrogens is 3. The Kier molecular flexibility index (Phi) is 4.52. The van der Waals surface area contributed by atoms with E-state index in [-0.39, 0.29) is 12.3 Å². The van der Waals surface area contributed by atoms with E-state index in [1.165, 1.54) is 0 Å². The van der Waals surface area contributed by atoms with Gasteiger partial charge in [-0.25, -0.2) is 4.98 Å². The second-order valence-corrected chi connectivity index (χ2v) is 5.67. The summed E-state index contributed by atoms with van der Waals surface area (Å²) in [6.45, 7) is 4.75. The van der Waals surface area contributed by atoms with E-state index in [0.717, 1.165) is 24.5 Å². The van der Waals surface area contributed by atoms with Crippen LogP contribution in [-0.4, -0.2) is 52.4 Å². The maximum absolute atomic E-state index is 10.9. The van der Waals surface area contributed by atoms with Crippen molar-refractivity contribution in [3.63, 3.8) is 0 Å². The summed E-state index contributed by atoms with van der Waals surface area (Å²) in [6, 6.07) is 3.79. The van der Waals surface area contributed by atoms with Crippen LogP contribution in [0.4, 0.5) is 5.82 Å². The molecule has 3 rings (SSSR count). The van der Waals surface area contributed by atoms with E-state index in [4.69, 9.17) is 9.63 Å². The van der Waals surface area contributed by atoms with Crippen LogP contribution in [-0.2, 0) is 4.79 Å². The summed E-state index contributed by atoms with van der Waals surface area (Å²) in [5, 5.41) is 16.0. The Balaban J connectivity index is 1.73. The van der Waals surface area contributed by atoms with Gasteiger partial charge < -0.3 is 19.8 Å². The number of aliphatic carboxylic acids is 1. The van der Waals surface area contributed by atoms with Crippen molar-refractivity contribution in [2.24, 2.45) is 5.92 Å². The first kappa shape index (κ1) is 15.4. The summed E-state index contributed by atoms with van der Waals surface area (Å²) in [7, 11) is 0. The molecule has 1 saturated heterocycles. The Morgan fingerprint density at radius 1 is 1.52 bits per heavy atom. The van der Waals surface area contributed by atoms with E-state index in [0.29, 0.717) is 24.8 Å². The van der Waals surface area contributed by atoms with E-state index >= 15 is 0 Å². The minimum absolute atomic E-state index is 0.0649. The average molecular weight is 317 g/mol. The smallest absolute Gasteiger partial charge is 0.303 e. The van der Waals surface area contributed by atoms with Gasteiger partial charge in [0.15, 0.2) is 5.82 Å². The Bertz CT molecular complexity index is 670. The van der Waals surface area contributed by atoms with E-state index in [9.17, 15) is 4.79 Å². The zero-order chi connectivity index (χ0) is 16.2. The van der Waals surface area contributed by atoms with Crippen LogP contribution < -0.4 is 10.2 Å². The molecule has 8 heteroatoms. The van der Waals surface area contributed by atoms with Crippen LogP contribution in [0.5, 0.6) is 0 Å². The van der Waals surface area contributed by atoms with E-state index in [1.54, 1.807) is 13.1 Å². The van der Waals surface area contributed by atoms with Crippen LogP contribution in [0.2, 0.25) is 0 Å². The average Bonchev–Trinajstić information content (AvgIpc) is 2.83. The minimum Gasteiger partial charge on any atom is -0.481 e. The summed E-state index contributed by atoms with van der Waals surface area (Å²) in [6.07, 6.45) is 1.86. The Labute approximate surface area is 133 Å².